The molecule has 0 bridgehead atoms. The third-order valence-corrected chi connectivity index (χ3v) is 4.01. The van der Waals surface area contributed by atoms with Crippen LogP contribution < -0.4 is 5.73 Å². The number of nitrogens with zero attached hydrogens (tertiary/aromatic N) is 2. The molecule has 3 rings (SSSR count). The minimum Gasteiger partial charge on any atom is -0.382 e. The van der Waals surface area contributed by atoms with Gasteiger partial charge in [0.25, 0.3) is 0 Å². The van der Waals surface area contributed by atoms with E-state index in [2.05, 4.69) is 37.2 Å². The molecule has 88 valence electrons. The Morgan fingerprint density at radius 1 is 1.35 bits per heavy atom. The first kappa shape index (κ1) is 10.8. The minimum absolute atomic E-state index is 0.00861. The van der Waals surface area contributed by atoms with Crippen molar-refractivity contribution in [2.45, 2.75) is 24.7 Å². The Balaban J connectivity index is 2.05. The molecule has 2 heterocycles. The Morgan fingerprint density at radius 3 is 2.65 bits per heavy atom. The van der Waals surface area contributed by atoms with Crippen molar-refractivity contribution in [2.75, 3.05) is 5.73 Å². The predicted molar refractivity (Wildman–Crippen MR) is 69.6 cm³/mol. The van der Waals surface area contributed by atoms with E-state index in [1.807, 2.05) is 18.3 Å². The van der Waals surface area contributed by atoms with Crippen LogP contribution in [0.15, 0.2) is 28.9 Å². The van der Waals surface area contributed by atoms with Gasteiger partial charge < -0.3 is 5.73 Å². The number of pyridine rings is 1. The highest BCUT2D eigenvalue weighted by Gasteiger charge is 2.43. The van der Waals surface area contributed by atoms with Gasteiger partial charge in [0.1, 0.15) is 5.82 Å². The zero-order valence-electron chi connectivity index (χ0n) is 9.28. The Hall–Kier alpha value is -1.36. The predicted octanol–water partition coefficient (Wildman–Crippen LogP) is 2.62. The minimum atomic E-state index is -0.00861. The smallest absolute Gasteiger partial charge is 0.145 e. The van der Waals surface area contributed by atoms with Gasteiger partial charge in [0, 0.05) is 22.4 Å². The van der Waals surface area contributed by atoms with E-state index >= 15 is 0 Å². The largest absolute Gasteiger partial charge is 0.382 e. The summed E-state index contributed by atoms with van der Waals surface area (Å²) in [5, 5.41) is 7.06. The quantitative estimate of drug-likeness (QED) is 0.894. The average molecular weight is 293 g/mol. The molecule has 0 aromatic carbocycles. The number of hydrogen-bond donors (Lipinski definition) is 2. The highest BCUT2D eigenvalue weighted by molar-refractivity contribution is 9.10. The molecule has 3 N–H and O–H groups in total. The Bertz CT molecular complexity index is 528. The Morgan fingerprint density at radius 2 is 2.18 bits per heavy atom. The lowest BCUT2D eigenvalue weighted by Gasteiger charge is -2.40. The average Bonchev–Trinajstić information content (AvgIpc) is 2.67. The van der Waals surface area contributed by atoms with Crippen LogP contribution in [0.4, 0.5) is 5.82 Å². The van der Waals surface area contributed by atoms with Gasteiger partial charge in [0.2, 0.25) is 0 Å². The lowest BCUT2D eigenvalue weighted by molar-refractivity contribution is 0.286. The van der Waals surface area contributed by atoms with Gasteiger partial charge in [-0.3, -0.25) is 10.1 Å². The van der Waals surface area contributed by atoms with E-state index in [1.54, 1.807) is 0 Å². The van der Waals surface area contributed by atoms with Gasteiger partial charge in [-0.2, -0.15) is 5.10 Å². The second kappa shape index (κ2) is 3.84. The van der Waals surface area contributed by atoms with Crippen molar-refractivity contribution in [1.29, 1.82) is 0 Å². The summed E-state index contributed by atoms with van der Waals surface area (Å²) in [6.45, 7) is 0. The Labute approximate surface area is 108 Å². The number of aromatic amines is 1. The molecule has 4 nitrogen and oxygen atoms in total. The number of hydrogen-bond acceptors (Lipinski definition) is 3. The van der Waals surface area contributed by atoms with E-state index in [-0.39, 0.29) is 5.41 Å². The van der Waals surface area contributed by atoms with Crippen LogP contribution in [0.3, 0.4) is 0 Å². The topological polar surface area (TPSA) is 67.6 Å². The molecule has 0 aliphatic heterocycles. The van der Waals surface area contributed by atoms with Crippen LogP contribution in [0.25, 0.3) is 0 Å². The number of halogens is 1. The molecule has 2 aromatic rings. The molecule has 0 saturated heterocycles. The first-order chi connectivity index (χ1) is 8.21. The molecular weight excluding hydrogens is 280 g/mol. The van der Waals surface area contributed by atoms with Crippen molar-refractivity contribution in [2.24, 2.45) is 0 Å². The maximum Gasteiger partial charge on any atom is 0.145 e. The zero-order valence-corrected chi connectivity index (χ0v) is 10.9. The number of nitrogen functional groups attached to an aromatic ring is 1. The summed E-state index contributed by atoms with van der Waals surface area (Å²) < 4.78 is 1.000. The zero-order chi connectivity index (χ0) is 11.9. The molecule has 1 aliphatic carbocycles. The molecule has 2 aromatic heterocycles. The molecule has 0 amide bonds. The summed E-state index contributed by atoms with van der Waals surface area (Å²) in [5.41, 5.74) is 7.85. The van der Waals surface area contributed by atoms with Crippen LogP contribution in [0.1, 0.15) is 30.7 Å². The van der Waals surface area contributed by atoms with E-state index in [0.717, 1.165) is 28.7 Å². The number of nitrogens with two attached hydrogens (primary N) is 1. The van der Waals surface area contributed by atoms with Crippen molar-refractivity contribution >= 4 is 21.7 Å². The van der Waals surface area contributed by atoms with Gasteiger partial charge in [0.05, 0.1) is 11.1 Å². The van der Waals surface area contributed by atoms with E-state index in [4.69, 9.17) is 5.73 Å². The summed E-state index contributed by atoms with van der Waals surface area (Å²) >= 11 is 3.41. The maximum atomic E-state index is 5.69. The fourth-order valence-corrected chi connectivity index (χ4v) is 2.67. The number of anilines is 1. The first-order valence-electron chi connectivity index (χ1n) is 5.64. The fraction of sp³-hybridized carbons (Fsp3) is 0.333. The number of rotatable bonds is 2. The van der Waals surface area contributed by atoms with Crippen LogP contribution >= 0.6 is 15.9 Å². The van der Waals surface area contributed by atoms with Crippen LogP contribution in [0.2, 0.25) is 0 Å². The van der Waals surface area contributed by atoms with Crippen LogP contribution in [-0.2, 0) is 5.41 Å². The van der Waals surface area contributed by atoms with Crippen molar-refractivity contribution in [3.8, 4) is 0 Å². The van der Waals surface area contributed by atoms with Gasteiger partial charge in [-0.15, -0.1) is 0 Å². The van der Waals surface area contributed by atoms with Crippen molar-refractivity contribution in [1.82, 2.24) is 15.2 Å². The van der Waals surface area contributed by atoms with E-state index < -0.39 is 0 Å². The molecular formula is C12H13BrN4. The van der Waals surface area contributed by atoms with Gasteiger partial charge in [0.15, 0.2) is 0 Å². The summed E-state index contributed by atoms with van der Waals surface area (Å²) in [6, 6.07) is 6.02. The van der Waals surface area contributed by atoms with Crippen LogP contribution in [-0.4, -0.2) is 15.2 Å². The third-order valence-electron chi connectivity index (χ3n) is 3.54. The summed E-state index contributed by atoms with van der Waals surface area (Å²) in [5.74, 6) is 0.545. The molecule has 1 saturated carbocycles. The Kier molecular flexibility index (Phi) is 2.43. The summed E-state index contributed by atoms with van der Waals surface area (Å²) in [7, 11) is 0. The van der Waals surface area contributed by atoms with Crippen LogP contribution in [0, 0.1) is 0 Å². The highest BCUT2D eigenvalue weighted by atomic mass is 79.9. The van der Waals surface area contributed by atoms with Gasteiger partial charge >= 0.3 is 0 Å². The van der Waals surface area contributed by atoms with Crippen LogP contribution in [0.5, 0.6) is 0 Å². The molecule has 0 radical (unpaired) electrons. The fourth-order valence-electron chi connectivity index (χ4n) is 2.44. The second-order valence-corrected chi connectivity index (χ2v) is 5.42. The van der Waals surface area contributed by atoms with Gasteiger partial charge in [-0.1, -0.05) is 6.42 Å². The molecule has 0 atom stereocenters. The summed E-state index contributed by atoms with van der Waals surface area (Å²) in [4.78, 5) is 4.52. The molecule has 0 spiro atoms. The molecule has 0 unspecified atom stereocenters. The first-order valence-corrected chi connectivity index (χ1v) is 6.43. The van der Waals surface area contributed by atoms with E-state index in [0.29, 0.717) is 5.82 Å². The van der Waals surface area contributed by atoms with E-state index in [1.165, 1.54) is 6.42 Å². The van der Waals surface area contributed by atoms with Crippen molar-refractivity contribution in [3.05, 3.63) is 40.3 Å². The van der Waals surface area contributed by atoms with Crippen molar-refractivity contribution in [3.63, 3.8) is 0 Å². The molecule has 17 heavy (non-hydrogen) atoms. The van der Waals surface area contributed by atoms with Gasteiger partial charge in [-0.25, -0.2) is 0 Å². The van der Waals surface area contributed by atoms with Crippen molar-refractivity contribution < 1.29 is 0 Å². The SMILES string of the molecule is Nc1cc(C2(c3ccc(Br)cn3)CCC2)[nH]n1. The standard InChI is InChI=1S/C12H13BrN4/c13-8-2-3-9(15-7-8)12(4-1-5-12)10-6-11(14)17-16-10/h2-3,6-7H,1,4-5H2,(H3,14,16,17). The number of aromatic nitrogens is 3. The highest BCUT2D eigenvalue weighted by Crippen LogP contribution is 2.47. The summed E-state index contributed by atoms with van der Waals surface area (Å²) in [6.07, 6.45) is 5.26. The number of nitrogens with one attached hydrogen (secondary N) is 1. The lowest BCUT2D eigenvalue weighted by atomic mass is 9.64. The van der Waals surface area contributed by atoms with Gasteiger partial charge in [-0.05, 0) is 40.9 Å². The van der Waals surface area contributed by atoms with E-state index in [9.17, 15) is 0 Å². The maximum absolute atomic E-state index is 5.69. The lowest BCUT2D eigenvalue weighted by Crippen LogP contribution is -2.36. The third kappa shape index (κ3) is 1.65. The molecule has 1 aliphatic rings. The monoisotopic (exact) mass is 292 g/mol. The molecule has 5 heteroatoms. The second-order valence-electron chi connectivity index (χ2n) is 4.50. The number of H-pyrrole nitrogens is 1. The molecule has 1 fully saturated rings. The normalized spacial score (nSPS) is 17.7.